The standard InChI is InChI=1S/C9H11FN3O7P/c10-4-2-13(9(15)11-8(4)12-16)7-1-5(14)6(20-7)3-19-21(17)18/h2,5-7,14H,1,3H2,(H2-,11,12,15,16,17,18)/p+1. The number of ether oxygens (including phenoxy) is 1. The van der Waals surface area contributed by atoms with Crippen LogP contribution in [0.3, 0.4) is 0 Å². The van der Waals surface area contributed by atoms with Crippen molar-refractivity contribution in [3.63, 3.8) is 0 Å². The van der Waals surface area contributed by atoms with Crippen LogP contribution in [0.5, 0.6) is 0 Å². The Morgan fingerprint density at radius 3 is 3.00 bits per heavy atom. The predicted molar refractivity (Wildman–Crippen MR) is 64.2 cm³/mol. The molecule has 1 fully saturated rings. The lowest BCUT2D eigenvalue weighted by molar-refractivity contribution is -0.0415. The van der Waals surface area contributed by atoms with Crippen molar-refractivity contribution in [1.29, 1.82) is 0 Å². The molecule has 2 heterocycles. The van der Waals surface area contributed by atoms with Gasteiger partial charge in [-0.05, 0) is 0 Å². The van der Waals surface area contributed by atoms with Crippen molar-refractivity contribution in [3.05, 3.63) is 22.5 Å². The number of hydrogen-bond acceptors (Lipinski definition) is 8. The molecule has 116 valence electrons. The Balaban J connectivity index is 2.15. The Kier molecular flexibility index (Phi) is 4.93. The van der Waals surface area contributed by atoms with E-state index in [4.69, 9.17) is 14.8 Å². The highest BCUT2D eigenvalue weighted by molar-refractivity contribution is 7.32. The first-order valence-electron chi connectivity index (χ1n) is 5.73. The summed E-state index contributed by atoms with van der Waals surface area (Å²) < 4.78 is 34.4. The van der Waals surface area contributed by atoms with Gasteiger partial charge in [0.05, 0.1) is 12.3 Å². The molecule has 4 N–H and O–H groups in total. The van der Waals surface area contributed by atoms with Crippen LogP contribution in [0.1, 0.15) is 12.6 Å². The molecule has 0 saturated carbocycles. The molecule has 1 aromatic rings. The van der Waals surface area contributed by atoms with E-state index in [9.17, 15) is 18.9 Å². The fourth-order valence-corrected chi connectivity index (χ4v) is 2.18. The second-order valence-corrected chi connectivity index (χ2v) is 4.94. The van der Waals surface area contributed by atoms with Crippen molar-refractivity contribution >= 4 is 14.1 Å². The molecule has 0 aromatic carbocycles. The minimum atomic E-state index is -2.84. The zero-order valence-corrected chi connectivity index (χ0v) is 11.3. The number of rotatable bonds is 5. The van der Waals surface area contributed by atoms with Crippen molar-refractivity contribution in [2.75, 3.05) is 12.1 Å². The highest BCUT2D eigenvalue weighted by Gasteiger charge is 2.37. The molecule has 0 bridgehead atoms. The number of halogens is 1. The monoisotopic (exact) mass is 324 g/mol. The topological polar surface area (TPSA) is 143 Å². The van der Waals surface area contributed by atoms with E-state index in [-0.39, 0.29) is 13.0 Å². The number of hydrogen-bond donors (Lipinski definition) is 4. The Bertz CT molecular complexity index is 597. The lowest BCUT2D eigenvalue weighted by atomic mass is 10.2. The first kappa shape index (κ1) is 15.9. The molecule has 0 aliphatic carbocycles. The van der Waals surface area contributed by atoms with Crippen molar-refractivity contribution in [2.24, 2.45) is 0 Å². The molecule has 1 saturated heterocycles. The maximum absolute atomic E-state index is 13.5. The van der Waals surface area contributed by atoms with Gasteiger partial charge in [0, 0.05) is 11.0 Å². The molecule has 2 rings (SSSR count). The van der Waals surface area contributed by atoms with Gasteiger partial charge in [-0.15, -0.1) is 9.42 Å². The largest absolute Gasteiger partial charge is 0.694 e. The molecule has 12 heteroatoms. The van der Waals surface area contributed by atoms with E-state index in [1.807, 2.05) is 0 Å². The summed E-state index contributed by atoms with van der Waals surface area (Å²) in [7, 11) is -2.84. The zero-order chi connectivity index (χ0) is 15.6. The van der Waals surface area contributed by atoms with Gasteiger partial charge in [0.25, 0.3) is 0 Å². The molecule has 10 nitrogen and oxygen atoms in total. The van der Waals surface area contributed by atoms with Crippen LogP contribution in [0.4, 0.5) is 10.2 Å². The molecule has 1 aliphatic heterocycles. The third-order valence-electron chi connectivity index (χ3n) is 2.88. The number of aliphatic hydroxyl groups is 1. The summed E-state index contributed by atoms with van der Waals surface area (Å²) in [6.07, 6.45) is -2.29. The number of aliphatic hydroxyl groups excluding tert-OH is 1. The quantitative estimate of drug-likeness (QED) is 0.416. The molecule has 0 spiro atoms. The number of aromatic nitrogens is 2. The van der Waals surface area contributed by atoms with E-state index in [1.54, 1.807) is 0 Å². The second-order valence-electron chi connectivity index (χ2n) is 4.20. The third-order valence-corrected chi connectivity index (χ3v) is 3.25. The fraction of sp³-hybridized carbons (Fsp3) is 0.556. The molecule has 1 aliphatic rings. The SMILES string of the molecule is O=c1nc(NO)c(F)cn1C1CC(O)C(CO[P+](=O)O)O1. The summed E-state index contributed by atoms with van der Waals surface area (Å²) in [4.78, 5) is 23.4. The van der Waals surface area contributed by atoms with Gasteiger partial charge in [-0.2, -0.15) is 4.98 Å². The number of nitrogens with one attached hydrogen (secondary N) is 1. The van der Waals surface area contributed by atoms with E-state index >= 15 is 0 Å². The van der Waals surface area contributed by atoms with E-state index in [2.05, 4.69) is 9.51 Å². The van der Waals surface area contributed by atoms with E-state index in [1.165, 1.54) is 5.48 Å². The third kappa shape index (κ3) is 3.59. The van der Waals surface area contributed by atoms with Gasteiger partial charge in [-0.1, -0.05) is 0 Å². The molecule has 0 radical (unpaired) electrons. The molecule has 4 atom stereocenters. The molecule has 1 aromatic heterocycles. The Labute approximate surface area is 117 Å². The van der Waals surface area contributed by atoms with Crippen molar-refractivity contribution < 1.29 is 33.4 Å². The summed E-state index contributed by atoms with van der Waals surface area (Å²) in [6, 6.07) is 0. The van der Waals surface area contributed by atoms with Crippen molar-refractivity contribution in [3.8, 4) is 0 Å². The van der Waals surface area contributed by atoms with Gasteiger partial charge in [-0.25, -0.2) is 14.7 Å². The maximum atomic E-state index is 13.5. The summed E-state index contributed by atoms with van der Waals surface area (Å²) in [5.74, 6) is -1.62. The van der Waals surface area contributed by atoms with E-state index < -0.39 is 44.0 Å². The fourth-order valence-electron chi connectivity index (χ4n) is 1.90. The molecule has 21 heavy (non-hydrogen) atoms. The highest BCUT2D eigenvalue weighted by atomic mass is 31.1. The summed E-state index contributed by atoms with van der Waals surface area (Å²) in [5, 5.41) is 18.3. The first-order valence-corrected chi connectivity index (χ1v) is 6.86. The molecular weight excluding hydrogens is 312 g/mol. The summed E-state index contributed by atoms with van der Waals surface area (Å²) in [6.45, 7) is -0.357. The van der Waals surface area contributed by atoms with Gasteiger partial charge in [0.2, 0.25) is 0 Å². The van der Waals surface area contributed by atoms with Gasteiger partial charge in [0.15, 0.2) is 11.6 Å². The Morgan fingerprint density at radius 2 is 2.38 bits per heavy atom. The van der Waals surface area contributed by atoms with Crippen LogP contribution in [-0.4, -0.2) is 43.6 Å². The average molecular weight is 324 g/mol. The Hall–Kier alpha value is -1.49. The average Bonchev–Trinajstić information content (AvgIpc) is 2.79. The lowest BCUT2D eigenvalue weighted by Crippen LogP contribution is -2.29. The van der Waals surface area contributed by atoms with E-state index in [0.29, 0.717) is 0 Å². The zero-order valence-electron chi connectivity index (χ0n) is 10.4. The molecule has 0 amide bonds. The van der Waals surface area contributed by atoms with Gasteiger partial charge in [-0.3, -0.25) is 9.77 Å². The van der Waals surface area contributed by atoms with Crippen molar-refractivity contribution in [1.82, 2.24) is 9.55 Å². The smallest absolute Gasteiger partial charge is 0.390 e. The van der Waals surface area contributed by atoms with Crippen molar-refractivity contribution in [2.45, 2.75) is 24.9 Å². The van der Waals surface area contributed by atoms with Crippen LogP contribution < -0.4 is 11.2 Å². The highest BCUT2D eigenvalue weighted by Crippen LogP contribution is 2.30. The second kappa shape index (κ2) is 6.52. The predicted octanol–water partition coefficient (Wildman–Crippen LogP) is -0.502. The van der Waals surface area contributed by atoms with Gasteiger partial charge in [0.1, 0.15) is 18.9 Å². The van der Waals surface area contributed by atoms with Crippen LogP contribution >= 0.6 is 8.25 Å². The van der Waals surface area contributed by atoms with Gasteiger partial charge >= 0.3 is 13.9 Å². The van der Waals surface area contributed by atoms with Crippen LogP contribution in [0, 0.1) is 5.82 Å². The van der Waals surface area contributed by atoms with Crippen LogP contribution in [-0.2, 0) is 13.8 Å². The summed E-state index contributed by atoms with van der Waals surface area (Å²) in [5.41, 5.74) is 0.531. The lowest BCUT2D eigenvalue weighted by Gasteiger charge is -2.14. The van der Waals surface area contributed by atoms with Crippen LogP contribution in [0.25, 0.3) is 0 Å². The molecular formula is C9H12FN3O7P+. The number of nitrogens with zero attached hydrogens (tertiary/aromatic N) is 2. The Morgan fingerprint density at radius 1 is 1.67 bits per heavy atom. The normalized spacial score (nSPS) is 25.9. The minimum Gasteiger partial charge on any atom is -0.390 e. The molecule has 4 unspecified atom stereocenters. The number of anilines is 1. The first-order chi connectivity index (χ1) is 9.92. The van der Waals surface area contributed by atoms with Gasteiger partial charge < -0.3 is 9.84 Å². The van der Waals surface area contributed by atoms with Crippen LogP contribution in [0.15, 0.2) is 11.0 Å². The minimum absolute atomic E-state index is 0.0524. The summed E-state index contributed by atoms with van der Waals surface area (Å²) >= 11 is 0. The maximum Gasteiger partial charge on any atom is 0.694 e. The van der Waals surface area contributed by atoms with E-state index in [0.717, 1.165) is 10.8 Å². The van der Waals surface area contributed by atoms with Crippen LogP contribution in [0.2, 0.25) is 0 Å².